The molecule has 0 spiro atoms. The zero-order valence-electron chi connectivity index (χ0n) is 16.1. The van der Waals surface area contributed by atoms with Gasteiger partial charge in [0, 0.05) is 32.1 Å². The van der Waals surface area contributed by atoms with Crippen molar-refractivity contribution in [2.45, 2.75) is 45.3 Å². The maximum absolute atomic E-state index is 13.0. The lowest BCUT2D eigenvalue weighted by atomic mass is 9.85. The molecule has 1 aromatic heterocycles. The van der Waals surface area contributed by atoms with E-state index in [1.165, 1.54) is 24.2 Å². The van der Waals surface area contributed by atoms with Gasteiger partial charge in [-0.2, -0.15) is 5.10 Å². The first-order valence-electron chi connectivity index (χ1n) is 10.2. The summed E-state index contributed by atoms with van der Waals surface area (Å²) in [5.74, 6) is 0.170. The quantitative estimate of drug-likeness (QED) is 0.834. The second kappa shape index (κ2) is 8.69. The lowest BCUT2D eigenvalue weighted by Crippen LogP contribution is -2.34. The first-order valence-corrected chi connectivity index (χ1v) is 10.2. The number of aromatic nitrogens is 2. The summed E-state index contributed by atoms with van der Waals surface area (Å²) in [4.78, 5) is 14.4. The van der Waals surface area contributed by atoms with E-state index in [2.05, 4.69) is 32.1 Å². The monoisotopic (exact) mass is 382 g/mol. The molecule has 0 saturated heterocycles. The largest absolute Gasteiger partial charge is 0.350 e. The summed E-state index contributed by atoms with van der Waals surface area (Å²) in [5, 5.41) is 7.71. The van der Waals surface area contributed by atoms with Crippen LogP contribution in [0.25, 0.3) is 6.08 Å². The van der Waals surface area contributed by atoms with Crippen molar-refractivity contribution in [3.63, 3.8) is 0 Å². The standard InChI is InChI=1S/C22H27FN4O/c23-19-9-7-17(8-10-19)4-2-11-26-12-3-13-27-21(16-26)14-20(25-27)15-24-22(28)18-5-1-6-18/h2,4,7-10,14,18H,1,3,5-6,11-13,15-16H2,(H,24,28). The van der Waals surface area contributed by atoms with Crippen molar-refractivity contribution in [2.24, 2.45) is 5.92 Å². The van der Waals surface area contributed by atoms with Crippen LogP contribution in [0.2, 0.25) is 0 Å². The van der Waals surface area contributed by atoms with Crippen LogP contribution >= 0.6 is 0 Å². The number of carbonyl (C=O) groups is 1. The van der Waals surface area contributed by atoms with Crippen LogP contribution in [0.1, 0.15) is 42.6 Å². The first kappa shape index (κ1) is 18.9. The van der Waals surface area contributed by atoms with Crippen LogP contribution in [0.3, 0.4) is 0 Å². The Morgan fingerprint density at radius 3 is 2.79 bits per heavy atom. The number of hydrogen-bond donors (Lipinski definition) is 1. The van der Waals surface area contributed by atoms with E-state index in [0.717, 1.165) is 56.7 Å². The number of carbonyl (C=O) groups excluding carboxylic acids is 1. The fourth-order valence-electron chi connectivity index (χ4n) is 3.73. The molecule has 2 aromatic rings. The Morgan fingerprint density at radius 1 is 1.21 bits per heavy atom. The topological polar surface area (TPSA) is 50.2 Å². The van der Waals surface area contributed by atoms with Gasteiger partial charge in [0.05, 0.1) is 17.9 Å². The fraction of sp³-hybridized carbons (Fsp3) is 0.455. The number of benzene rings is 1. The summed E-state index contributed by atoms with van der Waals surface area (Å²) in [6.45, 7) is 4.13. The van der Waals surface area contributed by atoms with E-state index < -0.39 is 0 Å². The van der Waals surface area contributed by atoms with E-state index in [9.17, 15) is 9.18 Å². The van der Waals surface area contributed by atoms with Crippen molar-refractivity contribution in [2.75, 3.05) is 13.1 Å². The number of halogens is 1. The second-order valence-corrected chi connectivity index (χ2v) is 7.74. The average molecular weight is 382 g/mol. The molecule has 1 fully saturated rings. The Labute approximate surface area is 165 Å². The minimum absolute atomic E-state index is 0.169. The Hall–Kier alpha value is -2.47. The highest BCUT2D eigenvalue weighted by atomic mass is 19.1. The van der Waals surface area contributed by atoms with E-state index in [4.69, 9.17) is 0 Å². The number of rotatable bonds is 6. The van der Waals surface area contributed by atoms with Gasteiger partial charge in [0.1, 0.15) is 5.82 Å². The van der Waals surface area contributed by atoms with Crippen LogP contribution in [0.15, 0.2) is 36.4 Å². The van der Waals surface area contributed by atoms with Crippen LogP contribution < -0.4 is 5.32 Å². The van der Waals surface area contributed by atoms with Crippen LogP contribution in [0, 0.1) is 11.7 Å². The summed E-state index contributed by atoms with van der Waals surface area (Å²) in [5.41, 5.74) is 3.14. The molecule has 6 heteroatoms. The highest BCUT2D eigenvalue weighted by Crippen LogP contribution is 2.26. The molecule has 1 aromatic carbocycles. The lowest BCUT2D eigenvalue weighted by molar-refractivity contribution is -0.127. The van der Waals surface area contributed by atoms with Gasteiger partial charge in [0.25, 0.3) is 0 Å². The van der Waals surface area contributed by atoms with Gasteiger partial charge in [-0.1, -0.05) is 30.7 Å². The van der Waals surface area contributed by atoms with Crippen molar-refractivity contribution in [1.29, 1.82) is 0 Å². The molecule has 1 aliphatic heterocycles. The molecule has 1 saturated carbocycles. The summed E-state index contributed by atoms with van der Waals surface area (Å²) in [6, 6.07) is 8.65. The summed E-state index contributed by atoms with van der Waals surface area (Å²) in [6.07, 6.45) is 8.41. The van der Waals surface area contributed by atoms with Gasteiger partial charge >= 0.3 is 0 Å². The molecule has 0 radical (unpaired) electrons. The van der Waals surface area contributed by atoms with Gasteiger partial charge in [-0.05, 0) is 43.0 Å². The van der Waals surface area contributed by atoms with Gasteiger partial charge < -0.3 is 5.32 Å². The molecule has 1 N–H and O–H groups in total. The van der Waals surface area contributed by atoms with Crippen molar-refractivity contribution < 1.29 is 9.18 Å². The average Bonchev–Trinajstić information content (AvgIpc) is 2.92. The SMILES string of the molecule is O=C(NCc1cc2n(n1)CCCN(CC=Cc1ccc(F)cc1)C2)C1CCC1. The predicted octanol–water partition coefficient (Wildman–Crippen LogP) is 3.36. The summed E-state index contributed by atoms with van der Waals surface area (Å²) < 4.78 is 15.1. The van der Waals surface area contributed by atoms with Gasteiger partial charge in [-0.25, -0.2) is 4.39 Å². The molecule has 1 amide bonds. The minimum Gasteiger partial charge on any atom is -0.350 e. The molecule has 0 atom stereocenters. The van der Waals surface area contributed by atoms with Gasteiger partial charge in [0.2, 0.25) is 5.91 Å². The molecule has 0 unspecified atom stereocenters. The van der Waals surface area contributed by atoms with Gasteiger partial charge in [-0.3, -0.25) is 14.4 Å². The van der Waals surface area contributed by atoms with Crippen molar-refractivity contribution >= 4 is 12.0 Å². The highest BCUT2D eigenvalue weighted by molar-refractivity contribution is 5.79. The normalized spacial score (nSPS) is 17.9. The molecule has 2 aliphatic rings. The Bertz CT molecular complexity index is 839. The third-order valence-electron chi connectivity index (χ3n) is 5.61. The van der Waals surface area contributed by atoms with E-state index in [-0.39, 0.29) is 17.6 Å². The number of nitrogens with zero attached hydrogens (tertiary/aromatic N) is 3. The molecule has 0 bridgehead atoms. The lowest BCUT2D eigenvalue weighted by Gasteiger charge is -2.23. The fourth-order valence-corrected chi connectivity index (χ4v) is 3.73. The third-order valence-corrected chi connectivity index (χ3v) is 5.61. The zero-order chi connectivity index (χ0) is 19.3. The predicted molar refractivity (Wildman–Crippen MR) is 107 cm³/mol. The number of aryl methyl sites for hydroxylation is 1. The molecule has 2 heterocycles. The van der Waals surface area contributed by atoms with E-state index >= 15 is 0 Å². The molecule has 5 nitrogen and oxygen atoms in total. The van der Waals surface area contributed by atoms with Crippen molar-refractivity contribution in [3.05, 3.63) is 59.2 Å². The van der Waals surface area contributed by atoms with E-state index in [1.54, 1.807) is 12.1 Å². The molecular formula is C22H27FN4O. The molecule has 1 aliphatic carbocycles. The second-order valence-electron chi connectivity index (χ2n) is 7.74. The molecule has 28 heavy (non-hydrogen) atoms. The number of nitrogens with one attached hydrogen (secondary N) is 1. The van der Waals surface area contributed by atoms with Crippen LogP contribution in [-0.2, 0) is 24.4 Å². The summed E-state index contributed by atoms with van der Waals surface area (Å²) in [7, 11) is 0. The maximum Gasteiger partial charge on any atom is 0.223 e. The third kappa shape index (κ3) is 4.68. The van der Waals surface area contributed by atoms with Crippen LogP contribution in [0.4, 0.5) is 4.39 Å². The Morgan fingerprint density at radius 2 is 2.04 bits per heavy atom. The van der Waals surface area contributed by atoms with Crippen LogP contribution in [-0.4, -0.2) is 33.7 Å². The van der Waals surface area contributed by atoms with Gasteiger partial charge in [-0.15, -0.1) is 0 Å². The smallest absolute Gasteiger partial charge is 0.223 e. The van der Waals surface area contributed by atoms with Gasteiger partial charge in [0.15, 0.2) is 0 Å². The Kier molecular flexibility index (Phi) is 5.86. The molecular weight excluding hydrogens is 355 g/mol. The van der Waals surface area contributed by atoms with Crippen molar-refractivity contribution in [3.8, 4) is 0 Å². The Balaban J connectivity index is 1.31. The van der Waals surface area contributed by atoms with E-state index in [0.29, 0.717) is 6.54 Å². The number of fused-ring (bicyclic) bond motifs is 1. The maximum atomic E-state index is 13.0. The zero-order valence-corrected chi connectivity index (χ0v) is 16.1. The number of hydrogen-bond acceptors (Lipinski definition) is 3. The van der Waals surface area contributed by atoms with E-state index in [1.807, 2.05) is 6.08 Å². The van der Waals surface area contributed by atoms with Crippen molar-refractivity contribution in [1.82, 2.24) is 20.0 Å². The minimum atomic E-state index is -0.211. The first-order chi connectivity index (χ1) is 13.7. The van der Waals surface area contributed by atoms with Crippen LogP contribution in [0.5, 0.6) is 0 Å². The molecule has 148 valence electrons. The molecule has 4 rings (SSSR count). The summed E-state index contributed by atoms with van der Waals surface area (Å²) >= 11 is 0. The number of amides is 1. The highest BCUT2D eigenvalue weighted by Gasteiger charge is 2.25.